The fourth-order valence-electron chi connectivity index (χ4n) is 2.40. The van der Waals surface area contributed by atoms with Gasteiger partial charge >= 0.3 is 6.18 Å². The number of aliphatic imine (C=N–C) groups is 1. The third kappa shape index (κ3) is 12.7. The van der Waals surface area contributed by atoms with E-state index in [0.717, 1.165) is 25.9 Å². The Morgan fingerprint density at radius 3 is 2.36 bits per heavy atom. The Morgan fingerprint density at radius 2 is 1.88 bits per heavy atom. The number of sulfone groups is 1. The Morgan fingerprint density at radius 1 is 1.28 bits per heavy atom. The second-order valence-electron chi connectivity index (χ2n) is 6.02. The minimum atomic E-state index is -4.20. The van der Waals surface area contributed by atoms with Gasteiger partial charge < -0.3 is 15.5 Å². The average Bonchev–Trinajstić information content (AvgIpc) is 2.44. The van der Waals surface area contributed by atoms with Crippen LogP contribution in [-0.4, -0.2) is 76.2 Å². The summed E-state index contributed by atoms with van der Waals surface area (Å²) in [6.07, 6.45) is -2.32. The molecule has 0 atom stereocenters. The zero-order chi connectivity index (χ0) is 18.2. The Bertz CT molecular complexity index is 507. The van der Waals surface area contributed by atoms with Crippen molar-refractivity contribution >= 4 is 39.8 Å². The number of nitrogens with zero attached hydrogens (tertiary/aromatic N) is 2. The molecular weight excluding hydrogens is 472 g/mol. The van der Waals surface area contributed by atoms with Gasteiger partial charge in [0, 0.05) is 38.5 Å². The highest BCUT2D eigenvalue weighted by Gasteiger charge is 2.26. The first-order valence-corrected chi connectivity index (χ1v) is 10.2. The Balaban J connectivity index is 0.00000576. The van der Waals surface area contributed by atoms with E-state index in [2.05, 4.69) is 20.5 Å². The third-order valence-corrected chi connectivity index (χ3v) is 4.64. The van der Waals surface area contributed by atoms with Crippen molar-refractivity contribution in [1.82, 2.24) is 15.5 Å². The molecule has 0 aliphatic carbocycles. The van der Waals surface area contributed by atoms with E-state index in [1.165, 1.54) is 6.26 Å². The Hall–Kier alpha value is -0.300. The van der Waals surface area contributed by atoms with Gasteiger partial charge in [0.15, 0.2) is 5.96 Å². The summed E-state index contributed by atoms with van der Waals surface area (Å²) < 4.78 is 58.9. The summed E-state index contributed by atoms with van der Waals surface area (Å²) in [4.78, 5) is 6.05. The molecule has 2 N–H and O–H groups in total. The number of alkyl halides is 3. The Kier molecular flexibility index (Phi) is 11.3. The zero-order valence-corrected chi connectivity index (χ0v) is 17.7. The molecule has 0 radical (unpaired) electrons. The molecule has 0 spiro atoms. The summed E-state index contributed by atoms with van der Waals surface area (Å²) in [6.45, 7) is 4.17. The van der Waals surface area contributed by atoms with Crippen LogP contribution in [0.1, 0.15) is 26.2 Å². The molecule has 1 rings (SSSR count). The van der Waals surface area contributed by atoms with E-state index in [9.17, 15) is 21.6 Å². The first-order valence-electron chi connectivity index (χ1n) is 8.11. The lowest BCUT2D eigenvalue weighted by atomic mass is 10.1. The second-order valence-corrected chi connectivity index (χ2v) is 8.28. The van der Waals surface area contributed by atoms with Crippen LogP contribution in [-0.2, 0) is 9.84 Å². The van der Waals surface area contributed by atoms with E-state index in [0.29, 0.717) is 19.0 Å². The normalized spacial score (nSPS) is 17.9. The molecule has 0 amide bonds. The van der Waals surface area contributed by atoms with Gasteiger partial charge in [0.1, 0.15) is 9.84 Å². The van der Waals surface area contributed by atoms with Crippen molar-refractivity contribution in [3.05, 3.63) is 0 Å². The molecule has 150 valence electrons. The van der Waals surface area contributed by atoms with Crippen LogP contribution in [0.2, 0.25) is 0 Å². The number of rotatable bonds is 7. The lowest BCUT2D eigenvalue weighted by Gasteiger charge is -2.32. The van der Waals surface area contributed by atoms with Crippen LogP contribution in [0.5, 0.6) is 0 Å². The first kappa shape index (κ1) is 24.7. The molecule has 6 nitrogen and oxygen atoms in total. The van der Waals surface area contributed by atoms with Crippen molar-refractivity contribution < 1.29 is 21.6 Å². The van der Waals surface area contributed by atoms with E-state index >= 15 is 0 Å². The monoisotopic (exact) mass is 500 g/mol. The fourth-order valence-corrected chi connectivity index (χ4v) is 2.99. The lowest BCUT2D eigenvalue weighted by molar-refractivity contribution is -0.132. The number of nitrogens with one attached hydrogen (secondary N) is 2. The first-order chi connectivity index (χ1) is 11.1. The van der Waals surface area contributed by atoms with Gasteiger partial charge in [0.25, 0.3) is 0 Å². The molecule has 25 heavy (non-hydrogen) atoms. The zero-order valence-electron chi connectivity index (χ0n) is 14.6. The SMILES string of the molecule is CCNC(=NCCC(F)(F)F)NC1CCN(CCS(C)(=O)=O)CC1.I. The maximum absolute atomic E-state index is 12.2. The molecule has 1 saturated heterocycles. The van der Waals surface area contributed by atoms with Crippen molar-refractivity contribution in [2.75, 3.05) is 44.7 Å². The largest absolute Gasteiger partial charge is 0.390 e. The summed E-state index contributed by atoms with van der Waals surface area (Å²) in [6, 6.07) is 0.128. The van der Waals surface area contributed by atoms with Crippen molar-refractivity contribution in [2.24, 2.45) is 4.99 Å². The van der Waals surface area contributed by atoms with Gasteiger partial charge in [-0.25, -0.2) is 8.42 Å². The standard InChI is InChI=1S/C14H27F3N4O2S.HI/c1-3-18-13(19-7-6-14(15,16)17)20-12-4-8-21(9-5-12)10-11-24(2,22)23;/h12H,3-11H2,1-2H3,(H2,18,19,20);1H. The fraction of sp³-hybridized carbons (Fsp3) is 0.929. The molecule has 1 heterocycles. The van der Waals surface area contributed by atoms with Crippen LogP contribution in [0.4, 0.5) is 13.2 Å². The predicted molar refractivity (Wildman–Crippen MR) is 104 cm³/mol. The van der Waals surface area contributed by atoms with Crippen LogP contribution in [0.3, 0.4) is 0 Å². The summed E-state index contributed by atoms with van der Waals surface area (Å²) >= 11 is 0. The van der Waals surface area contributed by atoms with Gasteiger partial charge in [-0.3, -0.25) is 4.99 Å². The van der Waals surface area contributed by atoms with E-state index in [4.69, 9.17) is 0 Å². The van der Waals surface area contributed by atoms with Crippen LogP contribution >= 0.6 is 24.0 Å². The molecule has 11 heteroatoms. The van der Waals surface area contributed by atoms with Crippen molar-refractivity contribution in [1.29, 1.82) is 0 Å². The van der Waals surface area contributed by atoms with Crippen molar-refractivity contribution in [3.63, 3.8) is 0 Å². The van der Waals surface area contributed by atoms with E-state index in [1.54, 1.807) is 0 Å². The highest BCUT2D eigenvalue weighted by Crippen LogP contribution is 2.19. The number of piperidine rings is 1. The highest BCUT2D eigenvalue weighted by atomic mass is 127. The summed E-state index contributed by atoms with van der Waals surface area (Å²) in [5.41, 5.74) is 0. The van der Waals surface area contributed by atoms with Gasteiger partial charge in [-0.1, -0.05) is 0 Å². The molecule has 1 aliphatic rings. The number of hydrogen-bond acceptors (Lipinski definition) is 4. The second kappa shape index (κ2) is 11.4. The molecule has 0 aromatic heterocycles. The minimum absolute atomic E-state index is 0. The van der Waals surface area contributed by atoms with Crippen molar-refractivity contribution in [3.8, 4) is 0 Å². The maximum Gasteiger partial charge on any atom is 0.390 e. The van der Waals surface area contributed by atoms with Crippen LogP contribution in [0, 0.1) is 0 Å². The van der Waals surface area contributed by atoms with E-state index in [1.807, 2.05) is 6.92 Å². The van der Waals surface area contributed by atoms with Gasteiger partial charge in [-0.15, -0.1) is 24.0 Å². The van der Waals surface area contributed by atoms with E-state index in [-0.39, 0.29) is 42.3 Å². The third-order valence-electron chi connectivity index (χ3n) is 3.72. The highest BCUT2D eigenvalue weighted by molar-refractivity contribution is 14.0. The molecule has 1 fully saturated rings. The quantitative estimate of drug-likeness (QED) is 0.316. The maximum atomic E-state index is 12.2. The number of likely N-dealkylation sites (tertiary alicyclic amines) is 1. The summed E-state index contributed by atoms with van der Waals surface area (Å²) in [7, 11) is -2.96. The van der Waals surface area contributed by atoms with Crippen LogP contribution in [0.25, 0.3) is 0 Å². The average molecular weight is 500 g/mol. The summed E-state index contributed by atoms with van der Waals surface area (Å²) in [5.74, 6) is 0.545. The van der Waals surface area contributed by atoms with Gasteiger partial charge in [0.05, 0.1) is 18.7 Å². The topological polar surface area (TPSA) is 73.8 Å². The van der Waals surface area contributed by atoms with Gasteiger partial charge in [-0.05, 0) is 19.8 Å². The van der Waals surface area contributed by atoms with Gasteiger partial charge in [0.2, 0.25) is 0 Å². The lowest BCUT2D eigenvalue weighted by Crippen LogP contribution is -2.49. The Labute approximate surface area is 164 Å². The van der Waals surface area contributed by atoms with Crippen molar-refractivity contribution in [2.45, 2.75) is 38.4 Å². The molecule has 0 aromatic carbocycles. The molecular formula is C14H28F3IN4O2S. The van der Waals surface area contributed by atoms with Crippen LogP contribution < -0.4 is 10.6 Å². The van der Waals surface area contributed by atoms with Gasteiger partial charge in [-0.2, -0.15) is 13.2 Å². The number of halogens is 4. The molecule has 0 saturated carbocycles. The number of hydrogen-bond donors (Lipinski definition) is 2. The molecule has 0 bridgehead atoms. The minimum Gasteiger partial charge on any atom is -0.357 e. The predicted octanol–water partition coefficient (Wildman–Crippen LogP) is 1.62. The van der Waals surface area contributed by atoms with E-state index < -0.39 is 22.4 Å². The smallest absolute Gasteiger partial charge is 0.357 e. The molecule has 1 aliphatic heterocycles. The summed E-state index contributed by atoms with van der Waals surface area (Å²) in [5, 5.41) is 6.11. The number of guanidine groups is 1. The molecule has 0 unspecified atom stereocenters. The van der Waals surface area contributed by atoms with Crippen LogP contribution in [0.15, 0.2) is 4.99 Å². The molecule has 0 aromatic rings.